The van der Waals surface area contributed by atoms with E-state index in [0.29, 0.717) is 12.1 Å². The molecule has 3 aromatic rings. The topological polar surface area (TPSA) is 103 Å². The molecule has 2 aromatic heterocycles. The predicted molar refractivity (Wildman–Crippen MR) is 124 cm³/mol. The molecule has 0 aliphatic rings. The second kappa shape index (κ2) is 10.2. The Morgan fingerprint density at radius 2 is 1.70 bits per heavy atom. The fourth-order valence-corrected chi connectivity index (χ4v) is 3.81. The summed E-state index contributed by atoms with van der Waals surface area (Å²) in [6.45, 7) is 9.31. The molecule has 0 radical (unpaired) electrons. The zero-order valence-corrected chi connectivity index (χ0v) is 19.6. The van der Waals surface area contributed by atoms with Gasteiger partial charge in [0.05, 0.1) is 24.9 Å². The molecule has 8 heteroatoms. The van der Waals surface area contributed by atoms with Crippen molar-refractivity contribution in [1.82, 2.24) is 9.88 Å². The van der Waals surface area contributed by atoms with E-state index in [-0.39, 0.29) is 12.5 Å². The highest BCUT2D eigenvalue weighted by Gasteiger charge is 2.19. The summed E-state index contributed by atoms with van der Waals surface area (Å²) in [5.74, 6) is -0.740. The van der Waals surface area contributed by atoms with Crippen LogP contribution in [0.3, 0.4) is 0 Å². The minimum Gasteiger partial charge on any atom is -0.467 e. The Balaban J connectivity index is 1.50. The molecule has 0 saturated carbocycles. The maximum atomic E-state index is 12.5. The molecule has 33 heavy (non-hydrogen) atoms. The molecule has 8 nitrogen and oxygen atoms in total. The van der Waals surface area contributed by atoms with E-state index in [1.807, 2.05) is 57.4 Å². The zero-order valence-electron chi connectivity index (χ0n) is 19.6. The third-order valence-electron chi connectivity index (χ3n) is 5.41. The standard InChI is InChI=1S/C25H29N3O5/c1-15-9-16(2)24(17(3)10-15)27-22(29)12-26-23(30)14-33-25(31)21-11-18(4)28(19(21)5)13-20-7-6-8-32-20/h6-11H,12-14H2,1-5H3,(H,26,30)(H,27,29). The summed E-state index contributed by atoms with van der Waals surface area (Å²) in [6, 6.07) is 9.34. The van der Waals surface area contributed by atoms with Gasteiger partial charge in [-0.1, -0.05) is 17.7 Å². The van der Waals surface area contributed by atoms with Gasteiger partial charge >= 0.3 is 5.97 Å². The van der Waals surface area contributed by atoms with Crippen LogP contribution in [0.2, 0.25) is 0 Å². The number of amides is 2. The summed E-state index contributed by atoms with van der Waals surface area (Å²) in [5.41, 5.74) is 5.72. The SMILES string of the molecule is Cc1cc(C)c(NC(=O)CNC(=O)COC(=O)c2cc(C)n(Cc3ccco3)c2C)c(C)c1. The van der Waals surface area contributed by atoms with E-state index in [1.165, 1.54) is 0 Å². The quantitative estimate of drug-likeness (QED) is 0.510. The number of rotatable bonds is 8. The molecule has 0 unspecified atom stereocenters. The maximum absolute atomic E-state index is 12.5. The highest BCUT2D eigenvalue weighted by atomic mass is 16.5. The normalized spacial score (nSPS) is 10.7. The lowest BCUT2D eigenvalue weighted by Gasteiger charge is -2.13. The Kier molecular flexibility index (Phi) is 7.37. The van der Waals surface area contributed by atoms with Crippen LogP contribution < -0.4 is 10.6 Å². The molecule has 174 valence electrons. The van der Waals surface area contributed by atoms with E-state index in [1.54, 1.807) is 18.4 Å². The van der Waals surface area contributed by atoms with Crippen molar-refractivity contribution in [3.8, 4) is 0 Å². The molecule has 0 aliphatic heterocycles. The smallest absolute Gasteiger partial charge is 0.340 e. The number of carbonyl (C=O) groups is 3. The number of aryl methyl sites for hydroxylation is 4. The Bertz CT molecular complexity index is 1150. The Labute approximate surface area is 192 Å². The first-order valence-electron chi connectivity index (χ1n) is 10.7. The number of aromatic nitrogens is 1. The van der Waals surface area contributed by atoms with Crippen LogP contribution in [0.5, 0.6) is 0 Å². The average molecular weight is 452 g/mol. The van der Waals surface area contributed by atoms with E-state index >= 15 is 0 Å². The Morgan fingerprint density at radius 1 is 1.00 bits per heavy atom. The molecule has 0 bridgehead atoms. The summed E-state index contributed by atoms with van der Waals surface area (Å²) < 4.78 is 12.5. The van der Waals surface area contributed by atoms with Crippen LogP contribution in [-0.4, -0.2) is 35.5 Å². The lowest BCUT2D eigenvalue weighted by molar-refractivity contribution is -0.126. The van der Waals surface area contributed by atoms with E-state index in [2.05, 4.69) is 10.6 Å². The lowest BCUT2D eigenvalue weighted by Crippen LogP contribution is -2.35. The number of hydrogen-bond acceptors (Lipinski definition) is 5. The van der Waals surface area contributed by atoms with Crippen LogP contribution in [0.15, 0.2) is 41.0 Å². The number of anilines is 1. The number of benzene rings is 1. The minimum absolute atomic E-state index is 0.221. The van der Waals surface area contributed by atoms with Crippen molar-refractivity contribution in [2.24, 2.45) is 0 Å². The highest BCUT2D eigenvalue weighted by molar-refractivity contribution is 5.96. The summed E-state index contributed by atoms with van der Waals surface area (Å²) in [5, 5.41) is 5.29. The van der Waals surface area contributed by atoms with Gasteiger partial charge in [-0.2, -0.15) is 0 Å². The molecule has 0 atom stereocenters. The van der Waals surface area contributed by atoms with Crippen LogP contribution in [0.1, 0.15) is 44.2 Å². The van der Waals surface area contributed by atoms with E-state index in [0.717, 1.165) is 39.5 Å². The molecule has 1 aromatic carbocycles. The number of nitrogens with one attached hydrogen (secondary N) is 2. The van der Waals surface area contributed by atoms with Gasteiger partial charge in [-0.25, -0.2) is 4.79 Å². The Morgan fingerprint density at radius 3 is 2.33 bits per heavy atom. The van der Waals surface area contributed by atoms with Crippen LogP contribution in [-0.2, 0) is 20.9 Å². The van der Waals surface area contributed by atoms with Crippen LogP contribution in [0.4, 0.5) is 5.69 Å². The van der Waals surface area contributed by atoms with Crippen LogP contribution >= 0.6 is 0 Å². The number of furan rings is 1. The van der Waals surface area contributed by atoms with E-state index in [4.69, 9.17) is 9.15 Å². The monoisotopic (exact) mass is 451 g/mol. The fraction of sp³-hybridized carbons (Fsp3) is 0.320. The van der Waals surface area contributed by atoms with Gasteiger partial charge < -0.3 is 24.4 Å². The van der Waals surface area contributed by atoms with Gasteiger partial charge in [0.25, 0.3) is 5.91 Å². The molecule has 0 fully saturated rings. The molecule has 0 spiro atoms. The second-order valence-corrected chi connectivity index (χ2v) is 8.13. The molecule has 0 aliphatic carbocycles. The van der Waals surface area contributed by atoms with Crippen molar-refractivity contribution in [1.29, 1.82) is 0 Å². The molecule has 2 amide bonds. The third-order valence-corrected chi connectivity index (χ3v) is 5.41. The maximum Gasteiger partial charge on any atom is 0.340 e. The van der Waals surface area contributed by atoms with Crippen molar-refractivity contribution >= 4 is 23.5 Å². The van der Waals surface area contributed by atoms with Gasteiger partial charge in [0, 0.05) is 17.1 Å². The number of carbonyl (C=O) groups excluding carboxylic acids is 3. The van der Waals surface area contributed by atoms with E-state index in [9.17, 15) is 14.4 Å². The summed E-state index contributed by atoms with van der Waals surface area (Å²) >= 11 is 0. The molecule has 2 N–H and O–H groups in total. The fourth-order valence-electron chi connectivity index (χ4n) is 3.81. The van der Waals surface area contributed by atoms with Gasteiger partial charge in [-0.05, 0) is 63.9 Å². The van der Waals surface area contributed by atoms with Gasteiger partial charge in [-0.3, -0.25) is 9.59 Å². The first-order valence-corrected chi connectivity index (χ1v) is 10.7. The summed E-state index contributed by atoms with van der Waals surface area (Å²) in [6.07, 6.45) is 1.60. The van der Waals surface area contributed by atoms with E-state index < -0.39 is 18.5 Å². The number of hydrogen-bond donors (Lipinski definition) is 2. The van der Waals surface area contributed by atoms with Crippen molar-refractivity contribution < 1.29 is 23.5 Å². The molecule has 0 saturated heterocycles. The molecular weight excluding hydrogens is 422 g/mol. The van der Waals surface area contributed by atoms with Gasteiger partial charge in [0.2, 0.25) is 5.91 Å². The molecule has 3 rings (SSSR count). The number of nitrogens with zero attached hydrogens (tertiary/aromatic N) is 1. The van der Waals surface area contributed by atoms with Crippen LogP contribution in [0, 0.1) is 34.6 Å². The summed E-state index contributed by atoms with van der Waals surface area (Å²) in [7, 11) is 0. The van der Waals surface area contributed by atoms with Crippen LogP contribution in [0.25, 0.3) is 0 Å². The number of ether oxygens (including phenoxy) is 1. The van der Waals surface area contributed by atoms with Crippen molar-refractivity contribution in [3.05, 3.63) is 76.0 Å². The predicted octanol–water partition coefficient (Wildman–Crippen LogP) is 3.58. The highest BCUT2D eigenvalue weighted by Crippen LogP contribution is 2.22. The van der Waals surface area contributed by atoms with Crippen molar-refractivity contribution in [2.45, 2.75) is 41.2 Å². The van der Waals surface area contributed by atoms with Gasteiger partial charge in [0.15, 0.2) is 6.61 Å². The third kappa shape index (κ3) is 5.91. The minimum atomic E-state index is -0.598. The second-order valence-electron chi connectivity index (χ2n) is 8.13. The first-order chi connectivity index (χ1) is 15.7. The number of esters is 1. The first kappa shape index (κ1) is 23.8. The van der Waals surface area contributed by atoms with Gasteiger partial charge in [0.1, 0.15) is 5.76 Å². The molecular formula is C25H29N3O5. The Hall–Kier alpha value is -3.81. The average Bonchev–Trinajstić information content (AvgIpc) is 3.37. The van der Waals surface area contributed by atoms with Crippen molar-refractivity contribution in [3.63, 3.8) is 0 Å². The summed E-state index contributed by atoms with van der Waals surface area (Å²) in [4.78, 5) is 36.8. The van der Waals surface area contributed by atoms with Gasteiger partial charge in [-0.15, -0.1) is 0 Å². The van der Waals surface area contributed by atoms with Crippen molar-refractivity contribution in [2.75, 3.05) is 18.5 Å². The lowest BCUT2D eigenvalue weighted by atomic mass is 10.1. The zero-order chi connectivity index (χ0) is 24.1. The largest absolute Gasteiger partial charge is 0.467 e. The molecule has 2 heterocycles.